The molecule has 1 saturated heterocycles. The van der Waals surface area contributed by atoms with Crippen LogP contribution in [0.25, 0.3) is 11.1 Å². The van der Waals surface area contributed by atoms with E-state index >= 15 is 0 Å². The van der Waals surface area contributed by atoms with Gasteiger partial charge in [0.25, 0.3) is 0 Å². The Kier molecular flexibility index (Phi) is 7.16. The number of pyridine rings is 1. The van der Waals surface area contributed by atoms with Gasteiger partial charge in [-0.1, -0.05) is 56.3 Å². The van der Waals surface area contributed by atoms with E-state index in [0.29, 0.717) is 42.0 Å². The number of carbonyl (C=O) groups excluding carboxylic acids is 1. The van der Waals surface area contributed by atoms with Crippen molar-refractivity contribution < 1.29 is 9.18 Å². The van der Waals surface area contributed by atoms with Gasteiger partial charge in [-0.2, -0.15) is 5.26 Å². The third kappa shape index (κ3) is 5.19. The van der Waals surface area contributed by atoms with Crippen LogP contribution in [-0.2, 0) is 11.2 Å². The predicted molar refractivity (Wildman–Crippen MR) is 137 cm³/mol. The molecule has 2 atom stereocenters. The number of benzene rings is 2. The third-order valence-corrected chi connectivity index (χ3v) is 6.56. The van der Waals surface area contributed by atoms with E-state index in [9.17, 15) is 14.4 Å². The molecule has 1 aromatic heterocycles. The molecule has 0 spiro atoms. The zero-order valence-electron chi connectivity index (χ0n) is 20.7. The van der Waals surface area contributed by atoms with E-state index in [1.54, 1.807) is 6.07 Å². The summed E-state index contributed by atoms with van der Waals surface area (Å²) in [5, 5.41) is 10.2. The van der Waals surface area contributed by atoms with E-state index in [2.05, 4.69) is 24.8 Å². The number of carbonyl (C=O) groups is 1. The van der Waals surface area contributed by atoms with Crippen LogP contribution >= 0.6 is 0 Å². The summed E-state index contributed by atoms with van der Waals surface area (Å²) in [7, 11) is 0. The smallest absolute Gasteiger partial charge is 0.227 e. The minimum absolute atomic E-state index is 0.0522. The largest absolute Gasteiger partial charge is 0.351 e. The van der Waals surface area contributed by atoms with E-state index in [1.165, 1.54) is 12.1 Å². The molecule has 1 aliphatic heterocycles. The minimum Gasteiger partial charge on any atom is -0.351 e. The standard InChI is InChI=1S/C29H31FN4O/c1-19(2)27-15-25(23-11-8-12-24(30)14-23)26(16-31)29(32-27)33-17-20(3)34(21(4)18-33)28(35)13-22-9-6-5-7-10-22/h5-12,14-15,19-21H,13,17-18H2,1-4H3. The SMILES string of the molecule is CC(C)c1cc(-c2cccc(F)c2)c(C#N)c(N2CC(C)N(C(=O)Cc3ccccc3)C(C)C2)n1. The lowest BCUT2D eigenvalue weighted by Gasteiger charge is -2.45. The number of rotatable bonds is 5. The van der Waals surface area contributed by atoms with Gasteiger partial charge in [-0.15, -0.1) is 0 Å². The summed E-state index contributed by atoms with van der Waals surface area (Å²) in [5.41, 5.74) is 3.62. The highest BCUT2D eigenvalue weighted by Gasteiger charge is 2.34. The highest BCUT2D eigenvalue weighted by molar-refractivity contribution is 5.80. The van der Waals surface area contributed by atoms with Crippen LogP contribution in [0.1, 0.15) is 50.4 Å². The fourth-order valence-electron chi connectivity index (χ4n) is 4.92. The Morgan fingerprint density at radius 1 is 1.09 bits per heavy atom. The van der Waals surface area contributed by atoms with Crippen molar-refractivity contribution in [3.8, 4) is 17.2 Å². The van der Waals surface area contributed by atoms with E-state index in [1.807, 2.05) is 61.2 Å². The van der Waals surface area contributed by atoms with Gasteiger partial charge < -0.3 is 9.80 Å². The fraction of sp³-hybridized carbons (Fsp3) is 0.345. The molecule has 0 radical (unpaired) electrons. The van der Waals surface area contributed by atoms with Crippen LogP contribution in [0, 0.1) is 17.1 Å². The topological polar surface area (TPSA) is 60.2 Å². The maximum absolute atomic E-state index is 14.0. The molecule has 180 valence electrons. The van der Waals surface area contributed by atoms with Gasteiger partial charge in [0, 0.05) is 36.4 Å². The molecule has 2 aromatic carbocycles. The van der Waals surface area contributed by atoms with Crippen molar-refractivity contribution in [2.75, 3.05) is 18.0 Å². The molecule has 3 aromatic rings. The van der Waals surface area contributed by atoms with E-state index in [0.717, 1.165) is 11.3 Å². The van der Waals surface area contributed by atoms with Gasteiger partial charge >= 0.3 is 0 Å². The monoisotopic (exact) mass is 470 g/mol. The Morgan fingerprint density at radius 2 is 1.77 bits per heavy atom. The number of nitrogens with zero attached hydrogens (tertiary/aromatic N) is 4. The average molecular weight is 471 g/mol. The normalized spacial score (nSPS) is 18.0. The van der Waals surface area contributed by atoms with Crippen LogP contribution in [0.5, 0.6) is 0 Å². The van der Waals surface area contributed by atoms with Gasteiger partial charge in [-0.05, 0) is 49.1 Å². The molecular formula is C29H31FN4O. The van der Waals surface area contributed by atoms with Crippen LogP contribution in [-0.4, -0.2) is 41.0 Å². The lowest BCUT2D eigenvalue weighted by atomic mass is 9.96. The van der Waals surface area contributed by atoms with Gasteiger partial charge in [0.1, 0.15) is 23.3 Å². The van der Waals surface area contributed by atoms with Crippen molar-refractivity contribution in [1.29, 1.82) is 5.26 Å². The molecule has 0 bridgehead atoms. The first-order valence-corrected chi connectivity index (χ1v) is 12.1. The summed E-state index contributed by atoms with van der Waals surface area (Å²) in [6.45, 7) is 9.32. The summed E-state index contributed by atoms with van der Waals surface area (Å²) in [4.78, 5) is 22.1. The number of amides is 1. The molecule has 2 heterocycles. The molecule has 35 heavy (non-hydrogen) atoms. The van der Waals surface area contributed by atoms with Crippen LogP contribution in [0.3, 0.4) is 0 Å². The molecule has 5 nitrogen and oxygen atoms in total. The Hall–Kier alpha value is -3.72. The van der Waals surface area contributed by atoms with Crippen molar-refractivity contribution >= 4 is 11.7 Å². The van der Waals surface area contributed by atoms with E-state index in [4.69, 9.17) is 4.98 Å². The maximum atomic E-state index is 14.0. The van der Waals surface area contributed by atoms with Crippen molar-refractivity contribution in [1.82, 2.24) is 9.88 Å². The summed E-state index contributed by atoms with van der Waals surface area (Å²) in [6.07, 6.45) is 0.365. The predicted octanol–water partition coefficient (Wildman–Crippen LogP) is 5.55. The lowest BCUT2D eigenvalue weighted by Crippen LogP contribution is -2.59. The fourth-order valence-corrected chi connectivity index (χ4v) is 4.92. The van der Waals surface area contributed by atoms with Crippen molar-refractivity contribution in [2.45, 2.75) is 52.1 Å². The summed E-state index contributed by atoms with van der Waals surface area (Å²) in [6, 6.07) is 20.2. The second kappa shape index (κ2) is 10.3. The molecule has 1 amide bonds. The maximum Gasteiger partial charge on any atom is 0.227 e. The molecule has 0 N–H and O–H groups in total. The van der Waals surface area contributed by atoms with Crippen LogP contribution in [0.15, 0.2) is 60.7 Å². The van der Waals surface area contributed by atoms with Gasteiger partial charge in [0.2, 0.25) is 5.91 Å². The number of anilines is 1. The molecule has 1 aliphatic rings. The first-order valence-electron chi connectivity index (χ1n) is 12.1. The summed E-state index contributed by atoms with van der Waals surface area (Å²) >= 11 is 0. The number of piperazine rings is 1. The minimum atomic E-state index is -0.344. The summed E-state index contributed by atoms with van der Waals surface area (Å²) in [5.74, 6) is 0.494. The highest BCUT2D eigenvalue weighted by atomic mass is 19.1. The first-order chi connectivity index (χ1) is 16.8. The molecule has 0 saturated carbocycles. The Morgan fingerprint density at radius 3 is 2.37 bits per heavy atom. The van der Waals surface area contributed by atoms with Crippen LogP contribution < -0.4 is 4.90 Å². The zero-order valence-corrected chi connectivity index (χ0v) is 20.7. The van der Waals surface area contributed by atoms with Crippen molar-refractivity contribution in [3.05, 3.63) is 83.3 Å². The van der Waals surface area contributed by atoms with Gasteiger partial charge in [0.05, 0.1) is 6.42 Å². The molecule has 2 unspecified atom stereocenters. The zero-order chi connectivity index (χ0) is 25.1. The summed E-state index contributed by atoms with van der Waals surface area (Å²) < 4.78 is 14.0. The Labute approximate surface area is 206 Å². The van der Waals surface area contributed by atoms with Gasteiger partial charge in [-0.25, -0.2) is 9.37 Å². The first kappa shape index (κ1) is 24.4. The lowest BCUT2D eigenvalue weighted by molar-refractivity contribution is -0.135. The van der Waals surface area contributed by atoms with Gasteiger partial charge in [-0.3, -0.25) is 4.79 Å². The van der Waals surface area contributed by atoms with E-state index in [-0.39, 0.29) is 29.7 Å². The molecular weight excluding hydrogens is 439 g/mol. The number of nitriles is 1. The number of hydrogen-bond donors (Lipinski definition) is 0. The third-order valence-electron chi connectivity index (χ3n) is 6.56. The molecule has 6 heteroatoms. The Balaban J connectivity index is 1.67. The van der Waals surface area contributed by atoms with Gasteiger partial charge in [0.15, 0.2) is 0 Å². The number of hydrogen-bond acceptors (Lipinski definition) is 4. The second-order valence-electron chi connectivity index (χ2n) is 9.64. The number of aromatic nitrogens is 1. The van der Waals surface area contributed by atoms with Crippen molar-refractivity contribution in [3.63, 3.8) is 0 Å². The number of halogens is 1. The quantitative estimate of drug-likeness (QED) is 0.490. The highest BCUT2D eigenvalue weighted by Crippen LogP contribution is 2.34. The molecule has 4 rings (SSSR count). The molecule has 1 fully saturated rings. The second-order valence-corrected chi connectivity index (χ2v) is 9.64. The van der Waals surface area contributed by atoms with Crippen molar-refractivity contribution in [2.24, 2.45) is 0 Å². The molecule has 0 aliphatic carbocycles. The average Bonchev–Trinajstić information content (AvgIpc) is 2.83. The Bertz CT molecular complexity index is 1240. The van der Waals surface area contributed by atoms with Crippen LogP contribution in [0.2, 0.25) is 0 Å². The van der Waals surface area contributed by atoms with E-state index < -0.39 is 0 Å². The van der Waals surface area contributed by atoms with Crippen LogP contribution in [0.4, 0.5) is 10.2 Å².